The normalized spacial score (nSPS) is 11.2. The largest absolute Gasteiger partial charge is 0.477 e. The Morgan fingerprint density at radius 1 is 1.50 bits per heavy atom. The number of aromatic nitrogens is 2. The summed E-state index contributed by atoms with van der Waals surface area (Å²) in [6.45, 7) is 0. The molecule has 0 amide bonds. The van der Waals surface area contributed by atoms with Crippen molar-refractivity contribution >= 4 is 21.6 Å². The molecule has 0 aliphatic rings. The average molecular weight is 217 g/mol. The van der Waals surface area contributed by atoms with Crippen LogP contribution in [0.2, 0.25) is 0 Å². The molecule has 0 aliphatic heterocycles. The van der Waals surface area contributed by atoms with Crippen molar-refractivity contribution in [3.8, 4) is 0 Å². The summed E-state index contributed by atoms with van der Waals surface area (Å²) < 4.78 is 22.2. The van der Waals surface area contributed by atoms with Crippen molar-refractivity contribution in [2.75, 3.05) is 12.0 Å². The predicted octanol–water partition coefficient (Wildman–Crippen LogP) is -0.839. The van der Waals surface area contributed by atoms with E-state index in [1.165, 1.54) is 0 Å². The lowest BCUT2D eigenvalue weighted by atomic mass is 10.3. The van der Waals surface area contributed by atoms with Crippen molar-refractivity contribution in [2.24, 2.45) is 0 Å². The third-order valence-electron chi connectivity index (χ3n) is 1.41. The molecule has 0 fully saturated rings. The van der Waals surface area contributed by atoms with Crippen molar-refractivity contribution in [2.45, 2.75) is 5.03 Å². The van der Waals surface area contributed by atoms with E-state index in [4.69, 9.17) is 10.8 Å². The van der Waals surface area contributed by atoms with Crippen molar-refractivity contribution in [3.05, 3.63) is 11.9 Å². The number of rotatable bonds is 2. The van der Waals surface area contributed by atoms with Gasteiger partial charge in [0.2, 0.25) is 0 Å². The Morgan fingerprint density at radius 3 is 2.43 bits per heavy atom. The molecule has 0 aliphatic carbocycles. The van der Waals surface area contributed by atoms with Gasteiger partial charge >= 0.3 is 5.97 Å². The number of nitrogens with two attached hydrogens (primary N) is 1. The monoisotopic (exact) mass is 217 g/mol. The van der Waals surface area contributed by atoms with E-state index in [9.17, 15) is 13.2 Å². The van der Waals surface area contributed by atoms with Gasteiger partial charge in [0, 0.05) is 6.26 Å². The molecule has 76 valence electrons. The highest BCUT2D eigenvalue weighted by Gasteiger charge is 2.23. The molecule has 1 aromatic rings. The third-order valence-corrected chi connectivity index (χ3v) is 2.42. The van der Waals surface area contributed by atoms with Crippen LogP contribution in [-0.2, 0) is 9.84 Å². The molecule has 3 N–H and O–H groups in total. The van der Waals surface area contributed by atoms with Crippen LogP contribution in [0.15, 0.2) is 11.4 Å². The van der Waals surface area contributed by atoms with Crippen LogP contribution in [0.1, 0.15) is 10.4 Å². The van der Waals surface area contributed by atoms with E-state index < -0.39 is 26.4 Å². The van der Waals surface area contributed by atoms with E-state index in [2.05, 4.69) is 9.97 Å². The van der Waals surface area contributed by atoms with E-state index in [1.807, 2.05) is 0 Å². The molecule has 14 heavy (non-hydrogen) atoms. The highest BCUT2D eigenvalue weighted by Crippen LogP contribution is 2.16. The van der Waals surface area contributed by atoms with Crippen LogP contribution < -0.4 is 5.73 Å². The fraction of sp³-hybridized carbons (Fsp3) is 0.167. The number of hydrogen-bond acceptors (Lipinski definition) is 6. The molecule has 1 heterocycles. The summed E-state index contributed by atoms with van der Waals surface area (Å²) in [6, 6.07) is 0. The van der Waals surface area contributed by atoms with E-state index in [0.29, 0.717) is 0 Å². The standard InChI is InChI=1S/C6H7N3O4S/c1-14(12,13)5-3(6(10)11)4(7)8-2-9-5/h2H,1H3,(H,10,11)(H2,7,8,9). The molecule has 0 bridgehead atoms. The van der Waals surface area contributed by atoms with Crippen molar-refractivity contribution in [3.63, 3.8) is 0 Å². The maximum absolute atomic E-state index is 11.1. The van der Waals surface area contributed by atoms with Gasteiger partial charge in [0.1, 0.15) is 17.7 Å². The van der Waals surface area contributed by atoms with Gasteiger partial charge in [0.15, 0.2) is 14.9 Å². The van der Waals surface area contributed by atoms with Crippen molar-refractivity contribution < 1.29 is 18.3 Å². The SMILES string of the molecule is CS(=O)(=O)c1ncnc(N)c1C(=O)O. The predicted molar refractivity (Wildman–Crippen MR) is 46.5 cm³/mol. The Balaban J connectivity index is 3.61. The molecule has 0 saturated carbocycles. The van der Waals surface area contributed by atoms with Gasteiger partial charge in [-0.3, -0.25) is 0 Å². The van der Waals surface area contributed by atoms with Gasteiger partial charge < -0.3 is 10.8 Å². The quantitative estimate of drug-likeness (QED) is 0.619. The van der Waals surface area contributed by atoms with E-state index in [1.54, 1.807) is 0 Å². The lowest BCUT2D eigenvalue weighted by Crippen LogP contribution is -2.14. The third kappa shape index (κ3) is 1.79. The summed E-state index contributed by atoms with van der Waals surface area (Å²) in [4.78, 5) is 17.4. The minimum absolute atomic E-state index is 0.368. The molecule has 7 nitrogen and oxygen atoms in total. The molecule has 0 unspecified atom stereocenters. The van der Waals surface area contributed by atoms with Gasteiger partial charge in [-0.05, 0) is 0 Å². The molecule has 0 aromatic carbocycles. The molecular formula is C6H7N3O4S. The molecule has 0 atom stereocenters. The van der Waals surface area contributed by atoms with Crippen LogP contribution in [0.25, 0.3) is 0 Å². The summed E-state index contributed by atoms with van der Waals surface area (Å²) in [5.74, 6) is -1.84. The number of carboxylic acid groups (broad SMARTS) is 1. The number of carboxylic acids is 1. The van der Waals surface area contributed by atoms with Crippen LogP contribution in [0.5, 0.6) is 0 Å². The zero-order chi connectivity index (χ0) is 10.9. The fourth-order valence-corrected chi connectivity index (χ4v) is 1.67. The van der Waals surface area contributed by atoms with Gasteiger partial charge in [-0.2, -0.15) is 0 Å². The summed E-state index contributed by atoms with van der Waals surface area (Å²) in [7, 11) is -3.71. The number of hydrogen-bond donors (Lipinski definition) is 2. The first-order chi connectivity index (χ1) is 6.34. The van der Waals surface area contributed by atoms with E-state index in [-0.39, 0.29) is 5.82 Å². The van der Waals surface area contributed by atoms with Gasteiger partial charge in [0.25, 0.3) is 0 Å². The number of anilines is 1. The lowest BCUT2D eigenvalue weighted by molar-refractivity contribution is 0.0692. The topological polar surface area (TPSA) is 123 Å². The minimum Gasteiger partial charge on any atom is -0.477 e. The number of sulfone groups is 1. The first-order valence-corrected chi connectivity index (χ1v) is 5.27. The van der Waals surface area contributed by atoms with Gasteiger partial charge in [0.05, 0.1) is 0 Å². The Morgan fingerprint density at radius 2 is 2.07 bits per heavy atom. The molecule has 0 radical (unpaired) electrons. The Bertz CT molecular complexity index is 482. The first kappa shape index (κ1) is 10.4. The van der Waals surface area contributed by atoms with Crippen LogP contribution >= 0.6 is 0 Å². The second-order valence-electron chi connectivity index (χ2n) is 2.52. The number of nitrogens with zero attached hydrogens (tertiary/aromatic N) is 2. The zero-order valence-electron chi connectivity index (χ0n) is 7.13. The van der Waals surface area contributed by atoms with Gasteiger partial charge in [-0.1, -0.05) is 0 Å². The van der Waals surface area contributed by atoms with Crippen molar-refractivity contribution in [1.29, 1.82) is 0 Å². The highest BCUT2D eigenvalue weighted by atomic mass is 32.2. The van der Waals surface area contributed by atoms with Crippen LogP contribution in [-0.4, -0.2) is 35.7 Å². The first-order valence-electron chi connectivity index (χ1n) is 3.38. The molecule has 1 rings (SSSR count). The summed E-state index contributed by atoms with van der Waals surface area (Å²) in [6.07, 6.45) is 1.75. The Kier molecular flexibility index (Phi) is 2.39. The Hall–Kier alpha value is -1.70. The molecule has 0 spiro atoms. The van der Waals surface area contributed by atoms with Crippen LogP contribution in [0, 0.1) is 0 Å². The number of carbonyl (C=O) groups is 1. The second kappa shape index (κ2) is 3.22. The van der Waals surface area contributed by atoms with Crippen LogP contribution in [0.4, 0.5) is 5.82 Å². The number of aromatic carboxylic acids is 1. The molecule has 0 saturated heterocycles. The maximum atomic E-state index is 11.1. The second-order valence-corrected chi connectivity index (χ2v) is 4.45. The zero-order valence-corrected chi connectivity index (χ0v) is 7.95. The van der Waals surface area contributed by atoms with E-state index >= 15 is 0 Å². The highest BCUT2D eigenvalue weighted by molar-refractivity contribution is 7.90. The average Bonchev–Trinajstić information content (AvgIpc) is 2.01. The minimum atomic E-state index is -3.71. The van der Waals surface area contributed by atoms with Gasteiger partial charge in [-0.25, -0.2) is 23.2 Å². The van der Waals surface area contributed by atoms with E-state index in [0.717, 1.165) is 12.6 Å². The Labute approximate surface area is 79.5 Å². The summed E-state index contributed by atoms with van der Waals surface area (Å²) >= 11 is 0. The fourth-order valence-electron chi connectivity index (χ4n) is 0.864. The van der Waals surface area contributed by atoms with Gasteiger partial charge in [-0.15, -0.1) is 0 Å². The maximum Gasteiger partial charge on any atom is 0.342 e. The summed E-state index contributed by atoms with van der Waals surface area (Å²) in [5.41, 5.74) is 4.63. The summed E-state index contributed by atoms with van der Waals surface area (Å²) in [5, 5.41) is 8.11. The van der Waals surface area contributed by atoms with Crippen LogP contribution in [0.3, 0.4) is 0 Å². The lowest BCUT2D eigenvalue weighted by Gasteiger charge is -2.03. The molecule has 1 aromatic heterocycles. The number of nitrogen functional groups attached to an aromatic ring is 1. The molecular weight excluding hydrogens is 210 g/mol. The van der Waals surface area contributed by atoms with Crippen molar-refractivity contribution in [1.82, 2.24) is 9.97 Å². The molecule has 8 heteroatoms. The smallest absolute Gasteiger partial charge is 0.342 e.